The third-order valence-corrected chi connectivity index (χ3v) is 13.3. The highest BCUT2D eigenvalue weighted by molar-refractivity contribution is 9.10. The van der Waals surface area contributed by atoms with Crippen LogP contribution in [0.4, 0.5) is 0 Å². The molecule has 4 rings (SSSR count). The lowest BCUT2D eigenvalue weighted by Gasteiger charge is -2.43. The van der Waals surface area contributed by atoms with E-state index in [9.17, 15) is 15.3 Å². The van der Waals surface area contributed by atoms with Crippen molar-refractivity contribution in [3.8, 4) is 5.75 Å². The third-order valence-electron chi connectivity index (χ3n) is 7.78. The number of hydrogen-bond acceptors (Lipinski definition) is 5. The van der Waals surface area contributed by atoms with Crippen LogP contribution in [0.2, 0.25) is 5.04 Å². The van der Waals surface area contributed by atoms with Crippen LogP contribution in [0.25, 0.3) is 0 Å². The van der Waals surface area contributed by atoms with Crippen molar-refractivity contribution in [1.29, 1.82) is 0 Å². The minimum absolute atomic E-state index is 0.0318. The van der Waals surface area contributed by atoms with Gasteiger partial charge in [-0.25, -0.2) is 0 Å². The zero-order valence-electron chi connectivity index (χ0n) is 26.2. The summed E-state index contributed by atoms with van der Waals surface area (Å²) in [6.45, 7) is 7.50. The normalized spacial score (nSPS) is 13.1. The highest BCUT2D eigenvalue weighted by Gasteiger charge is 2.50. The number of ether oxygens (including phenoxy) is 1. The molecular formula is C38H43BrO5Si. The SMILES string of the molecule is CC(C)(C)[Si](OCC(=C=CC[C@@H](O)c1cc(Br)ccc1O)C[C@@H](O)COCc1ccccc1)(c1ccccc1)c1ccccc1. The van der Waals surface area contributed by atoms with E-state index in [2.05, 4.69) is 91.0 Å². The molecule has 2 atom stereocenters. The number of hydrogen-bond donors (Lipinski definition) is 3. The number of benzene rings is 4. The van der Waals surface area contributed by atoms with Crippen LogP contribution < -0.4 is 10.4 Å². The summed E-state index contributed by atoms with van der Waals surface area (Å²) in [5.74, 6) is 0.0318. The Bertz CT molecular complexity index is 1510. The van der Waals surface area contributed by atoms with Crippen molar-refractivity contribution in [3.05, 3.63) is 142 Å². The molecule has 0 saturated heterocycles. The summed E-state index contributed by atoms with van der Waals surface area (Å²) in [4.78, 5) is 0. The summed E-state index contributed by atoms with van der Waals surface area (Å²) in [5, 5.41) is 34.3. The van der Waals surface area contributed by atoms with Crippen molar-refractivity contribution in [2.24, 2.45) is 0 Å². The molecule has 0 aliphatic carbocycles. The molecule has 0 fully saturated rings. The van der Waals surface area contributed by atoms with Gasteiger partial charge in [0, 0.05) is 22.9 Å². The predicted molar refractivity (Wildman–Crippen MR) is 187 cm³/mol. The highest BCUT2D eigenvalue weighted by Crippen LogP contribution is 2.37. The first kappa shape index (κ1) is 34.6. The van der Waals surface area contributed by atoms with E-state index in [1.165, 1.54) is 10.4 Å². The van der Waals surface area contributed by atoms with Gasteiger partial charge in [-0.15, -0.1) is 5.73 Å². The van der Waals surface area contributed by atoms with Gasteiger partial charge in [0.25, 0.3) is 8.32 Å². The van der Waals surface area contributed by atoms with E-state index in [1.807, 2.05) is 42.5 Å². The first-order valence-electron chi connectivity index (χ1n) is 15.2. The molecule has 0 bridgehead atoms. The number of aliphatic hydroxyl groups excluding tert-OH is 2. The Balaban J connectivity index is 1.62. The second-order valence-corrected chi connectivity index (χ2v) is 17.4. The molecule has 4 aromatic carbocycles. The van der Waals surface area contributed by atoms with E-state index in [4.69, 9.17) is 9.16 Å². The van der Waals surface area contributed by atoms with Crippen LogP contribution in [-0.2, 0) is 15.8 Å². The highest BCUT2D eigenvalue weighted by atomic mass is 79.9. The zero-order chi connectivity index (χ0) is 32.3. The van der Waals surface area contributed by atoms with Gasteiger partial charge in [0.2, 0.25) is 0 Å². The van der Waals surface area contributed by atoms with E-state index >= 15 is 0 Å². The molecule has 0 aliphatic rings. The summed E-state index contributed by atoms with van der Waals surface area (Å²) in [7, 11) is -2.84. The zero-order valence-corrected chi connectivity index (χ0v) is 28.8. The smallest absolute Gasteiger partial charge is 0.261 e. The molecule has 0 aliphatic heterocycles. The molecule has 0 heterocycles. The molecule has 0 radical (unpaired) electrons. The predicted octanol–water partition coefficient (Wildman–Crippen LogP) is 7.20. The summed E-state index contributed by atoms with van der Waals surface area (Å²) >= 11 is 3.41. The maximum Gasteiger partial charge on any atom is 0.261 e. The number of rotatable bonds is 14. The van der Waals surface area contributed by atoms with Crippen LogP contribution in [0.1, 0.15) is 50.8 Å². The molecule has 3 N–H and O–H groups in total. The van der Waals surface area contributed by atoms with Gasteiger partial charge >= 0.3 is 0 Å². The fraction of sp³-hybridized carbons (Fsp3) is 0.289. The van der Waals surface area contributed by atoms with Gasteiger partial charge < -0.3 is 24.5 Å². The topological polar surface area (TPSA) is 79.2 Å². The van der Waals surface area contributed by atoms with Gasteiger partial charge in [0.1, 0.15) is 5.75 Å². The Hall–Kier alpha value is -3.26. The molecule has 0 saturated carbocycles. The van der Waals surface area contributed by atoms with Crippen LogP contribution in [0.15, 0.2) is 131 Å². The summed E-state index contributed by atoms with van der Waals surface area (Å²) in [6, 6.07) is 35.7. The third kappa shape index (κ3) is 9.38. The fourth-order valence-corrected chi connectivity index (χ4v) is 10.5. The lowest BCUT2D eigenvalue weighted by molar-refractivity contribution is 0.0279. The Morgan fingerprint density at radius 3 is 2.02 bits per heavy atom. The largest absolute Gasteiger partial charge is 0.508 e. The van der Waals surface area contributed by atoms with E-state index < -0.39 is 20.5 Å². The van der Waals surface area contributed by atoms with Crippen molar-refractivity contribution >= 4 is 34.6 Å². The van der Waals surface area contributed by atoms with Crippen molar-refractivity contribution in [2.75, 3.05) is 13.2 Å². The molecule has 7 heteroatoms. The number of phenols is 1. The Morgan fingerprint density at radius 2 is 1.44 bits per heavy atom. The molecular weight excluding hydrogens is 644 g/mol. The second-order valence-electron chi connectivity index (χ2n) is 12.2. The van der Waals surface area contributed by atoms with E-state index in [-0.39, 0.29) is 30.4 Å². The average Bonchev–Trinajstić information content (AvgIpc) is 3.03. The first-order valence-corrected chi connectivity index (χ1v) is 17.9. The van der Waals surface area contributed by atoms with Crippen LogP contribution in [0, 0.1) is 0 Å². The standard InChI is InChI=1S/C38H43BrO5Si/c1-38(2,3)45(33-17-9-5-10-18-33,34-19-11-6-12-20-34)44-27-30(24-32(40)28-43-26-29-14-7-4-8-15-29)16-13-21-36(41)35-25-31(39)22-23-37(35)42/h4-15,17-20,22-23,25,32,36,40-42H,21,24,26-28H2,1-3H3/t16?,32-,36-/m1/s1. The van der Waals surface area contributed by atoms with Crippen LogP contribution in [0.5, 0.6) is 5.75 Å². The summed E-state index contributed by atoms with van der Waals surface area (Å²) < 4.78 is 13.7. The van der Waals surface area contributed by atoms with Crippen LogP contribution >= 0.6 is 15.9 Å². The summed E-state index contributed by atoms with van der Waals surface area (Å²) in [6.07, 6.45) is 0.584. The van der Waals surface area contributed by atoms with Crippen molar-refractivity contribution in [2.45, 2.75) is 57.5 Å². The van der Waals surface area contributed by atoms with Crippen molar-refractivity contribution in [3.63, 3.8) is 0 Å². The second kappa shape index (κ2) is 16.3. The molecule has 4 aromatic rings. The van der Waals surface area contributed by atoms with E-state index in [0.29, 0.717) is 18.6 Å². The molecule has 236 valence electrons. The van der Waals surface area contributed by atoms with Crippen LogP contribution in [-0.4, -0.2) is 43.0 Å². The maximum absolute atomic E-state index is 11.0. The van der Waals surface area contributed by atoms with Gasteiger partial charge in [-0.05, 0) is 50.8 Å². The minimum atomic E-state index is -2.84. The van der Waals surface area contributed by atoms with Crippen molar-refractivity contribution < 1.29 is 24.5 Å². The quantitative estimate of drug-likeness (QED) is 0.0966. The number of phenolic OH excluding ortho intramolecular Hbond substituents is 1. The molecule has 0 aromatic heterocycles. The Labute approximate surface area is 276 Å². The lowest BCUT2D eigenvalue weighted by atomic mass is 10.0. The number of aliphatic hydroxyl groups is 2. The van der Waals surface area contributed by atoms with E-state index in [0.717, 1.165) is 15.6 Å². The minimum Gasteiger partial charge on any atom is -0.508 e. The Morgan fingerprint density at radius 1 is 0.867 bits per heavy atom. The Kier molecular flexibility index (Phi) is 12.6. The molecule has 45 heavy (non-hydrogen) atoms. The van der Waals surface area contributed by atoms with Crippen molar-refractivity contribution in [1.82, 2.24) is 0 Å². The first-order chi connectivity index (χ1) is 21.6. The van der Waals surface area contributed by atoms with Gasteiger partial charge in [0.05, 0.1) is 32.0 Å². The van der Waals surface area contributed by atoms with Gasteiger partial charge in [-0.1, -0.05) is 128 Å². The number of halogens is 1. The summed E-state index contributed by atoms with van der Waals surface area (Å²) in [5.41, 5.74) is 5.58. The van der Waals surface area contributed by atoms with Crippen LogP contribution in [0.3, 0.4) is 0 Å². The average molecular weight is 688 g/mol. The molecule has 0 spiro atoms. The fourth-order valence-electron chi connectivity index (χ4n) is 5.58. The maximum atomic E-state index is 11.0. The van der Waals surface area contributed by atoms with Gasteiger partial charge in [-0.2, -0.15) is 0 Å². The van der Waals surface area contributed by atoms with Gasteiger partial charge in [0.15, 0.2) is 0 Å². The number of aromatic hydroxyl groups is 1. The monoisotopic (exact) mass is 686 g/mol. The molecule has 0 unspecified atom stereocenters. The van der Waals surface area contributed by atoms with E-state index in [1.54, 1.807) is 24.3 Å². The molecule has 0 amide bonds. The molecule has 5 nitrogen and oxygen atoms in total. The lowest BCUT2D eigenvalue weighted by Crippen LogP contribution is -2.66. The van der Waals surface area contributed by atoms with Gasteiger partial charge in [-0.3, -0.25) is 0 Å².